The van der Waals surface area contributed by atoms with Crippen LogP contribution >= 0.6 is 17.2 Å². The zero-order valence-electron chi connectivity index (χ0n) is 35.6. The molecule has 0 saturated heterocycles. The van der Waals surface area contributed by atoms with Gasteiger partial charge >= 0.3 is 21.7 Å². The van der Waals surface area contributed by atoms with E-state index in [0.29, 0.717) is 0 Å². The Kier molecular flexibility index (Phi) is 110. The largest absolute Gasteiger partial charge is 4.00 e. The second-order valence-electron chi connectivity index (χ2n) is 12.9. The Hall–Kier alpha value is 1.57. The Bertz CT molecular complexity index is 299. The maximum atomic E-state index is 2.29. The minimum atomic E-state index is 0. The Labute approximate surface area is 324 Å². The summed E-state index contributed by atoms with van der Waals surface area (Å²) in [6.45, 7) is 25.2. The fourth-order valence-electron chi connectivity index (χ4n) is 4.37. The summed E-state index contributed by atoms with van der Waals surface area (Å²) in [4.78, 5) is 0. The van der Waals surface area contributed by atoms with Crippen LogP contribution in [-0.2, 0) is 21.7 Å². The molecule has 0 aliphatic rings. The molecular weight excluding hydrogens is 638 g/mol. The van der Waals surface area contributed by atoms with Crippen molar-refractivity contribution < 1.29 is 21.7 Å². The molecule has 0 aromatic carbocycles. The van der Waals surface area contributed by atoms with Crippen LogP contribution < -0.4 is 0 Å². The second kappa shape index (κ2) is 81.5. The average Bonchev–Trinajstić information content (AvgIpc) is 3.04. The third-order valence-electron chi connectivity index (χ3n) is 6.83. The number of rotatable bonds is 28. The number of hydrogen-bond donors (Lipinski definition) is 0. The van der Waals surface area contributed by atoms with Crippen LogP contribution in [0.15, 0.2) is 0 Å². The monoisotopic (exact) mass is 737 g/mol. The van der Waals surface area contributed by atoms with Gasteiger partial charge in [0.1, 0.15) is 0 Å². The summed E-state index contributed by atoms with van der Waals surface area (Å²) in [7, 11) is 2.51. The Balaban J connectivity index is -0.0000000999. The maximum absolute atomic E-state index is 2.29. The van der Waals surface area contributed by atoms with Gasteiger partial charge in [0.2, 0.25) is 0 Å². The molecule has 0 atom stereocenters. The van der Waals surface area contributed by atoms with Gasteiger partial charge in [-0.3, -0.25) is 0 Å². The molecule has 0 nitrogen and oxygen atoms in total. The summed E-state index contributed by atoms with van der Waals surface area (Å²) in [6, 6.07) is 0. The summed E-state index contributed by atoms with van der Waals surface area (Å²) in [5.74, 6) is 0. The van der Waals surface area contributed by atoms with Gasteiger partial charge < -0.3 is 25.7 Å². The number of unbranched alkanes of at least 4 members (excludes halogenated alkanes) is 20. The van der Waals surface area contributed by atoms with Crippen LogP contribution in [0.3, 0.4) is 0 Å². The minimum Gasteiger partial charge on any atom is -0.335 e. The molecule has 0 radical (unpaired) electrons. The van der Waals surface area contributed by atoms with Crippen LogP contribution in [0.1, 0.15) is 237 Å². The summed E-state index contributed by atoms with van der Waals surface area (Å²) in [6.07, 6.45) is 49.1. The molecule has 0 N–H and O–H groups in total. The van der Waals surface area contributed by atoms with Crippen LogP contribution in [0.5, 0.6) is 0 Å². The molecule has 0 aliphatic heterocycles. The van der Waals surface area contributed by atoms with E-state index in [-0.39, 0.29) is 21.7 Å². The van der Waals surface area contributed by atoms with Crippen molar-refractivity contribution >= 4 is 17.2 Å². The normalized spacial score (nSPS) is 9.45. The molecule has 3 heteroatoms. The first-order valence-electron chi connectivity index (χ1n) is 20.9. The molecule has 0 unspecified atom stereocenters. The molecule has 0 heterocycles. The number of hydrogen-bond acceptors (Lipinski definition) is 0. The van der Waals surface area contributed by atoms with E-state index >= 15 is 0 Å². The molecule has 0 fully saturated rings. The van der Waals surface area contributed by atoms with E-state index in [9.17, 15) is 0 Å². The van der Waals surface area contributed by atoms with Gasteiger partial charge in [-0.25, -0.2) is 0 Å². The van der Waals surface area contributed by atoms with E-state index in [4.69, 9.17) is 0 Å². The SMILES string of the molecule is CCCCCCCCPCCCCCCCC.CCCCCCCCPCCCCCCCC.C[CH-]C.C[CH-]C.C[CH-]C.C[CH-]C.[Ti+4]. The van der Waals surface area contributed by atoms with Crippen molar-refractivity contribution in [1.82, 2.24) is 0 Å². The fraction of sp³-hybridized carbons (Fsp3) is 0.909. The topological polar surface area (TPSA) is 0 Å². The molecule has 0 amide bonds. The summed E-state index contributed by atoms with van der Waals surface area (Å²) in [5.41, 5.74) is 0. The molecule has 0 aromatic heterocycles. The first kappa shape index (κ1) is 63.6. The van der Waals surface area contributed by atoms with Crippen molar-refractivity contribution in [3.63, 3.8) is 0 Å². The zero-order chi connectivity index (χ0) is 36.0. The van der Waals surface area contributed by atoms with Crippen molar-refractivity contribution in [2.75, 3.05) is 24.6 Å². The fourth-order valence-corrected chi connectivity index (χ4v) is 6.87. The summed E-state index contributed by atoms with van der Waals surface area (Å²) in [5, 5.41) is 0. The first-order chi connectivity index (χ1) is 22.5. The molecule has 0 aliphatic carbocycles. The van der Waals surface area contributed by atoms with E-state index in [2.05, 4.69) is 27.7 Å². The first-order valence-corrected chi connectivity index (χ1v) is 23.7. The van der Waals surface area contributed by atoms with Gasteiger partial charge in [0.05, 0.1) is 0 Å². The molecule has 0 rings (SSSR count). The van der Waals surface area contributed by atoms with E-state index in [1.807, 2.05) is 81.1 Å². The average molecular weight is 737 g/mol. The molecule has 0 spiro atoms. The summed E-state index contributed by atoms with van der Waals surface area (Å²) >= 11 is 0. The van der Waals surface area contributed by atoms with Crippen molar-refractivity contribution in [3.8, 4) is 0 Å². The van der Waals surface area contributed by atoms with Crippen LogP contribution in [0.4, 0.5) is 0 Å². The van der Waals surface area contributed by atoms with Gasteiger partial charge in [-0.2, -0.15) is 55.4 Å². The quantitative estimate of drug-likeness (QED) is 0.0325. The second-order valence-corrected chi connectivity index (χ2v) is 15.9. The third kappa shape index (κ3) is 113. The van der Waals surface area contributed by atoms with Gasteiger partial charge in [-0.15, -0.1) is 17.2 Å². The van der Waals surface area contributed by atoms with Gasteiger partial charge in [0.25, 0.3) is 0 Å². The van der Waals surface area contributed by atoms with Gasteiger partial charge in [0, 0.05) is 0 Å². The maximum Gasteiger partial charge on any atom is 4.00 e. The van der Waals surface area contributed by atoms with Crippen LogP contribution in [-0.4, -0.2) is 24.6 Å². The van der Waals surface area contributed by atoms with Gasteiger partial charge in [-0.05, 0) is 50.3 Å². The van der Waals surface area contributed by atoms with Crippen LogP contribution in [0.2, 0.25) is 0 Å². The zero-order valence-corrected chi connectivity index (χ0v) is 39.2. The summed E-state index contributed by atoms with van der Waals surface area (Å²) < 4.78 is 0. The third-order valence-corrected chi connectivity index (χ3v) is 9.66. The van der Waals surface area contributed by atoms with E-state index < -0.39 is 0 Å². The van der Waals surface area contributed by atoms with E-state index in [1.54, 1.807) is 0 Å². The molecule has 288 valence electrons. The van der Waals surface area contributed by atoms with E-state index in [1.165, 1.54) is 196 Å². The molecule has 0 aromatic rings. The molecule has 0 bridgehead atoms. The minimum absolute atomic E-state index is 0. The Morgan fingerprint density at radius 2 is 0.383 bits per heavy atom. The molecular formula is C44H98P2Ti. The van der Waals surface area contributed by atoms with Crippen molar-refractivity contribution in [1.29, 1.82) is 0 Å². The van der Waals surface area contributed by atoms with Gasteiger partial charge in [0.15, 0.2) is 0 Å². The molecule has 0 saturated carbocycles. The van der Waals surface area contributed by atoms with Crippen LogP contribution in [0, 0.1) is 25.7 Å². The predicted molar refractivity (Wildman–Crippen MR) is 232 cm³/mol. The van der Waals surface area contributed by atoms with Crippen molar-refractivity contribution in [3.05, 3.63) is 25.7 Å². The predicted octanol–water partition coefficient (Wildman–Crippen LogP) is 17.7. The van der Waals surface area contributed by atoms with E-state index in [0.717, 1.165) is 0 Å². The Morgan fingerprint density at radius 1 is 0.255 bits per heavy atom. The molecule has 47 heavy (non-hydrogen) atoms. The standard InChI is InChI=1S/2C16H35P.4C3H7.Ti/c2*1-3-5-7-9-11-13-15-17-16-14-12-10-8-6-4-2;4*1-3-2;/h2*17H,3-16H2,1-2H3;4*3H,1-2H3;/q;;4*-1;+4. The van der Waals surface area contributed by atoms with Crippen molar-refractivity contribution in [2.45, 2.75) is 237 Å². The Morgan fingerprint density at radius 3 is 0.532 bits per heavy atom. The van der Waals surface area contributed by atoms with Gasteiger partial charge in [-0.1, -0.05) is 156 Å². The van der Waals surface area contributed by atoms with Crippen molar-refractivity contribution in [2.24, 2.45) is 0 Å². The van der Waals surface area contributed by atoms with Crippen LogP contribution in [0.25, 0.3) is 0 Å². The smallest absolute Gasteiger partial charge is 0.335 e.